The molecule has 2 unspecified atom stereocenters. The van der Waals surface area contributed by atoms with Crippen molar-refractivity contribution in [2.45, 2.75) is 373 Å². The maximum Gasteiger partial charge on any atom is 0.220 e. The average Bonchev–Trinajstić information content (AvgIpc) is 3.51. The first-order valence-corrected chi connectivity index (χ1v) is 36.7. The fourth-order valence-electron chi connectivity index (χ4n) is 10.9. The lowest BCUT2D eigenvalue weighted by Crippen LogP contribution is -2.45. The summed E-state index contributed by atoms with van der Waals surface area (Å²) in [5, 5.41) is 23.3. The van der Waals surface area contributed by atoms with E-state index >= 15 is 0 Å². The van der Waals surface area contributed by atoms with Gasteiger partial charge in [0.25, 0.3) is 0 Å². The zero-order valence-corrected chi connectivity index (χ0v) is 55.9. The van der Waals surface area contributed by atoms with Crippen molar-refractivity contribution in [2.75, 3.05) is 6.61 Å². The van der Waals surface area contributed by atoms with Gasteiger partial charge in [-0.05, 0) is 96.3 Å². The minimum Gasteiger partial charge on any atom is -0.394 e. The van der Waals surface area contributed by atoms with Crippen molar-refractivity contribution in [3.63, 3.8) is 0 Å². The fourth-order valence-corrected chi connectivity index (χ4v) is 10.9. The molecule has 0 spiro atoms. The molecule has 0 aromatic heterocycles. The van der Waals surface area contributed by atoms with Gasteiger partial charge >= 0.3 is 0 Å². The predicted octanol–water partition coefficient (Wildman–Crippen LogP) is 25.5. The van der Waals surface area contributed by atoms with E-state index in [2.05, 4.69) is 129 Å². The van der Waals surface area contributed by atoms with Gasteiger partial charge in [0.2, 0.25) is 5.91 Å². The van der Waals surface area contributed by atoms with Gasteiger partial charge in [-0.1, -0.05) is 379 Å². The lowest BCUT2D eigenvalue weighted by Gasteiger charge is -2.19. The molecule has 84 heavy (non-hydrogen) atoms. The van der Waals surface area contributed by atoms with Crippen LogP contribution >= 0.6 is 0 Å². The Morgan fingerprint density at radius 3 is 0.833 bits per heavy atom. The van der Waals surface area contributed by atoms with E-state index in [0.717, 1.165) is 83.5 Å². The van der Waals surface area contributed by atoms with Gasteiger partial charge in [0, 0.05) is 6.42 Å². The van der Waals surface area contributed by atoms with Crippen molar-refractivity contribution in [3.8, 4) is 0 Å². The zero-order valence-electron chi connectivity index (χ0n) is 55.9. The molecule has 0 aliphatic carbocycles. The van der Waals surface area contributed by atoms with Crippen LogP contribution in [0.1, 0.15) is 361 Å². The molecule has 0 fully saturated rings. The van der Waals surface area contributed by atoms with Gasteiger partial charge in [-0.2, -0.15) is 0 Å². The first-order valence-electron chi connectivity index (χ1n) is 36.7. The summed E-state index contributed by atoms with van der Waals surface area (Å²) >= 11 is 0. The van der Waals surface area contributed by atoms with E-state index in [1.807, 2.05) is 6.08 Å². The minimum atomic E-state index is -0.870. The second-order valence-electron chi connectivity index (χ2n) is 24.6. The molecule has 3 N–H and O–H groups in total. The summed E-state index contributed by atoms with van der Waals surface area (Å²) in [5.74, 6) is -0.0726. The summed E-state index contributed by atoms with van der Waals surface area (Å²) in [6, 6.07) is -0.647. The maximum absolute atomic E-state index is 12.6. The Morgan fingerprint density at radius 1 is 0.298 bits per heavy atom. The first kappa shape index (κ1) is 80.8. The van der Waals surface area contributed by atoms with Gasteiger partial charge in [-0.25, -0.2) is 0 Å². The molecule has 0 saturated carbocycles. The van der Waals surface area contributed by atoms with Crippen LogP contribution in [-0.2, 0) is 4.79 Å². The van der Waals surface area contributed by atoms with Gasteiger partial charge in [-0.3, -0.25) is 4.79 Å². The Hall–Kier alpha value is -3.21. The molecule has 4 heteroatoms. The van der Waals surface area contributed by atoms with Crippen molar-refractivity contribution in [1.82, 2.24) is 5.32 Å². The summed E-state index contributed by atoms with van der Waals surface area (Å²) in [6.45, 7) is 4.21. The van der Waals surface area contributed by atoms with Crippen LogP contribution in [0, 0.1) is 0 Å². The third-order valence-electron chi connectivity index (χ3n) is 16.4. The van der Waals surface area contributed by atoms with Gasteiger partial charge < -0.3 is 15.5 Å². The number of nitrogens with one attached hydrogen (secondary N) is 1. The molecule has 0 rings (SSSR count). The summed E-state index contributed by atoms with van der Waals surface area (Å²) in [7, 11) is 0. The predicted molar refractivity (Wildman–Crippen MR) is 377 cm³/mol. The molecule has 0 bridgehead atoms. The number of carbonyl (C=O) groups excluding carboxylic acids is 1. The van der Waals surface area contributed by atoms with Gasteiger partial charge in [-0.15, -0.1) is 0 Å². The maximum atomic E-state index is 12.6. The van der Waals surface area contributed by atoms with Gasteiger partial charge in [0.15, 0.2) is 0 Å². The highest BCUT2D eigenvalue weighted by atomic mass is 16.3. The molecule has 0 aromatic carbocycles. The van der Waals surface area contributed by atoms with Crippen LogP contribution in [0.3, 0.4) is 0 Å². The Labute approximate surface area is 524 Å². The molecule has 0 saturated heterocycles. The Kier molecular flexibility index (Phi) is 71.2. The number of rotatable bonds is 67. The lowest BCUT2D eigenvalue weighted by molar-refractivity contribution is -0.123. The highest BCUT2D eigenvalue weighted by Gasteiger charge is 2.18. The Balaban J connectivity index is 3.51. The largest absolute Gasteiger partial charge is 0.394 e. The van der Waals surface area contributed by atoms with E-state index in [0.29, 0.717) is 6.42 Å². The molecule has 0 radical (unpaired) electrons. The van der Waals surface area contributed by atoms with Crippen molar-refractivity contribution in [2.24, 2.45) is 0 Å². The summed E-state index contributed by atoms with van der Waals surface area (Å²) in [5.41, 5.74) is 0. The molecule has 0 aromatic rings. The normalized spacial score (nSPS) is 13.4. The molecule has 0 aliphatic rings. The fraction of sp³-hybridized carbons (Fsp3) is 0.738. The molecule has 0 heterocycles. The minimum absolute atomic E-state index is 0.0726. The molecular formula is C80H141NO3. The standard InChI is InChI=1S/C80H141NO3/c1-3-5-7-9-11-13-15-17-19-21-23-25-27-29-31-33-35-36-37-38-39-40-41-42-43-44-46-48-50-52-54-56-58-60-62-64-66-68-70-72-74-76-80(84)81-78(77-82)79(83)75-73-71-69-67-65-63-61-59-57-55-53-51-49-47-45-34-32-30-28-26-24-22-20-18-16-14-12-10-8-6-4-2/h5,7,11,13,17,19,23,25,29,31,35-36,38-39,41-42,65,67,73,75,78-79,82-83H,3-4,6,8-10,12,14-16,18,20-22,24,26-28,30,32-34,37,40,43-64,66,68-72,74,76-77H2,1-2H3,(H,81,84)/b7-5-,13-11-,19-17-,25-23-,31-29-,36-35-,39-38-,42-41-,67-65+,75-73+. The molecule has 484 valence electrons. The summed E-state index contributed by atoms with van der Waals surface area (Å²) in [4.78, 5) is 12.6. The second-order valence-corrected chi connectivity index (χ2v) is 24.6. The van der Waals surface area contributed by atoms with Gasteiger partial charge in [0.1, 0.15) is 0 Å². The second kappa shape index (κ2) is 74.0. The lowest BCUT2D eigenvalue weighted by atomic mass is 10.0. The highest BCUT2D eigenvalue weighted by Crippen LogP contribution is 2.18. The molecule has 0 aliphatic heterocycles. The van der Waals surface area contributed by atoms with Crippen LogP contribution in [0.15, 0.2) is 122 Å². The van der Waals surface area contributed by atoms with Gasteiger partial charge in [0.05, 0.1) is 18.8 Å². The number of aliphatic hydroxyl groups is 2. The van der Waals surface area contributed by atoms with E-state index in [1.165, 1.54) is 257 Å². The van der Waals surface area contributed by atoms with E-state index in [9.17, 15) is 15.0 Å². The number of amides is 1. The molecule has 4 nitrogen and oxygen atoms in total. The van der Waals surface area contributed by atoms with E-state index in [1.54, 1.807) is 6.08 Å². The van der Waals surface area contributed by atoms with E-state index in [4.69, 9.17) is 0 Å². The van der Waals surface area contributed by atoms with Crippen LogP contribution in [0.2, 0.25) is 0 Å². The van der Waals surface area contributed by atoms with Crippen molar-refractivity contribution >= 4 is 5.91 Å². The number of allylic oxidation sites excluding steroid dienone is 19. The highest BCUT2D eigenvalue weighted by molar-refractivity contribution is 5.76. The van der Waals surface area contributed by atoms with E-state index < -0.39 is 12.1 Å². The molecular weight excluding hydrogens is 1020 g/mol. The van der Waals surface area contributed by atoms with Crippen LogP contribution in [0.5, 0.6) is 0 Å². The van der Waals surface area contributed by atoms with Crippen molar-refractivity contribution in [1.29, 1.82) is 0 Å². The van der Waals surface area contributed by atoms with E-state index in [-0.39, 0.29) is 12.5 Å². The quantitative estimate of drug-likeness (QED) is 0.0420. The van der Waals surface area contributed by atoms with Crippen LogP contribution in [0.4, 0.5) is 0 Å². The number of aliphatic hydroxyl groups excluding tert-OH is 2. The Bertz CT molecular complexity index is 1610. The number of unbranched alkanes of at least 4 members (excludes halogenated alkanes) is 42. The average molecular weight is 1170 g/mol. The topological polar surface area (TPSA) is 69.6 Å². The zero-order chi connectivity index (χ0) is 60.5. The number of hydrogen-bond donors (Lipinski definition) is 3. The summed E-state index contributed by atoms with van der Waals surface area (Å²) < 4.78 is 0. The van der Waals surface area contributed by atoms with Crippen molar-refractivity contribution < 1.29 is 15.0 Å². The Morgan fingerprint density at radius 2 is 0.536 bits per heavy atom. The summed E-state index contributed by atoms with van der Waals surface area (Å²) in [6.07, 6.45) is 113. The third-order valence-corrected chi connectivity index (χ3v) is 16.4. The molecule has 2 atom stereocenters. The smallest absolute Gasteiger partial charge is 0.220 e. The monoisotopic (exact) mass is 1160 g/mol. The first-order chi connectivity index (χ1) is 41.7. The van der Waals surface area contributed by atoms with Crippen molar-refractivity contribution in [3.05, 3.63) is 122 Å². The number of hydrogen-bond acceptors (Lipinski definition) is 3. The molecule has 1 amide bonds. The number of carbonyl (C=O) groups is 1. The third kappa shape index (κ3) is 69.6. The van der Waals surface area contributed by atoms with Crippen LogP contribution in [0.25, 0.3) is 0 Å². The van der Waals surface area contributed by atoms with Crippen LogP contribution in [-0.4, -0.2) is 34.9 Å². The van der Waals surface area contributed by atoms with Crippen LogP contribution < -0.4 is 5.32 Å². The SMILES string of the molecule is CC/C=C\C/C=C\C/C=C\C/C=C\C/C=C\C/C=C\C/C=C\C/C=C\CCCCCCCCCCCCCCCCCCC(=O)NC(CO)C(O)/C=C/CC/C=C/CCCCCCCCCCCCCCCCCCCCCCCCCCC.